The maximum absolute atomic E-state index is 9.77. The van der Waals surface area contributed by atoms with Crippen LogP contribution in [0.15, 0.2) is 53.7 Å². The minimum absolute atomic E-state index is 0.126. The van der Waals surface area contributed by atoms with Crippen LogP contribution in [0.3, 0.4) is 0 Å². The smallest absolute Gasteiger partial charge is 0.212 e. The minimum Gasteiger partial charge on any atom is -0.504 e. The van der Waals surface area contributed by atoms with Gasteiger partial charge in [0.25, 0.3) is 0 Å². The van der Waals surface area contributed by atoms with Crippen LogP contribution in [0.2, 0.25) is 0 Å². The predicted octanol–water partition coefficient (Wildman–Crippen LogP) is 3.13. The Labute approximate surface area is 128 Å². The van der Waals surface area contributed by atoms with Crippen LogP contribution in [-0.4, -0.2) is 16.4 Å². The molecule has 4 nitrogen and oxygen atoms in total. The van der Waals surface area contributed by atoms with E-state index in [0.717, 1.165) is 16.5 Å². The van der Waals surface area contributed by atoms with Crippen LogP contribution in [0.5, 0.6) is 11.5 Å². The quantitative estimate of drug-likeness (QED) is 0.433. The number of aliphatic imine (C=N–C) groups is 1. The summed E-state index contributed by atoms with van der Waals surface area (Å²) in [7, 11) is 2.01. The van der Waals surface area contributed by atoms with Crippen molar-refractivity contribution in [2.24, 2.45) is 12.0 Å². The fraction of sp³-hybridized carbons (Fsp3) is 0.111. The molecule has 3 rings (SSSR count). The largest absolute Gasteiger partial charge is 0.504 e. The summed E-state index contributed by atoms with van der Waals surface area (Å²) in [5, 5.41) is 20.4. The minimum atomic E-state index is -0.131. The molecule has 22 heavy (non-hydrogen) atoms. The molecule has 2 N–H and O–H groups in total. The van der Waals surface area contributed by atoms with Crippen LogP contribution >= 0.6 is 0 Å². The summed E-state index contributed by atoms with van der Waals surface area (Å²) in [4.78, 5) is 4.45. The Balaban J connectivity index is 2.07. The number of hydrogen-bond acceptors (Lipinski definition) is 3. The van der Waals surface area contributed by atoms with Gasteiger partial charge in [0.05, 0.1) is 11.1 Å². The number of nitrogens with zero attached hydrogens (tertiary/aromatic N) is 2. The molecule has 110 valence electrons. The molecule has 0 aliphatic heterocycles. The number of para-hydroxylation sites is 1. The van der Waals surface area contributed by atoms with E-state index in [1.54, 1.807) is 19.2 Å². The molecule has 1 aromatic heterocycles. The molecule has 0 amide bonds. The van der Waals surface area contributed by atoms with Gasteiger partial charge in [-0.15, -0.1) is 0 Å². The number of aryl methyl sites for hydroxylation is 1. The van der Waals surface area contributed by atoms with E-state index in [0.29, 0.717) is 11.3 Å². The van der Waals surface area contributed by atoms with E-state index in [9.17, 15) is 10.2 Å². The fourth-order valence-electron chi connectivity index (χ4n) is 2.45. The van der Waals surface area contributed by atoms with Crippen LogP contribution in [0.1, 0.15) is 11.1 Å². The Morgan fingerprint density at radius 3 is 2.64 bits per heavy atom. The van der Waals surface area contributed by atoms with Crippen LogP contribution in [0, 0.1) is 6.92 Å². The first kappa shape index (κ1) is 14.1. The molecule has 3 aromatic rings. The third-order valence-electron chi connectivity index (χ3n) is 3.80. The molecule has 0 bridgehead atoms. The number of benzene rings is 2. The molecule has 0 saturated carbocycles. The standard InChI is InChI=1S/C18H16N2O2/c1-12-15(7-8-17(21)18(12)22)19-11-13-9-10-20(2)16-6-4-3-5-14(13)16/h3-11H,1-2H3,(H,19,22)/p+1. The van der Waals surface area contributed by atoms with Gasteiger partial charge in [-0.3, -0.25) is 4.99 Å². The van der Waals surface area contributed by atoms with Gasteiger partial charge in [0.2, 0.25) is 5.52 Å². The second-order valence-corrected chi connectivity index (χ2v) is 5.23. The second kappa shape index (κ2) is 5.48. The van der Waals surface area contributed by atoms with E-state index in [1.165, 1.54) is 6.07 Å². The average Bonchev–Trinajstić information content (AvgIpc) is 2.54. The molecule has 0 saturated heterocycles. The van der Waals surface area contributed by atoms with Crippen molar-refractivity contribution >= 4 is 22.8 Å². The monoisotopic (exact) mass is 293 g/mol. The van der Waals surface area contributed by atoms with Gasteiger partial charge >= 0.3 is 0 Å². The van der Waals surface area contributed by atoms with Crippen LogP contribution in [-0.2, 0) is 7.05 Å². The van der Waals surface area contributed by atoms with E-state index >= 15 is 0 Å². The lowest BCUT2D eigenvalue weighted by Gasteiger charge is -2.05. The van der Waals surface area contributed by atoms with Gasteiger partial charge in [-0.05, 0) is 25.1 Å². The zero-order valence-corrected chi connectivity index (χ0v) is 12.5. The summed E-state index contributed by atoms with van der Waals surface area (Å²) in [6.45, 7) is 1.73. The van der Waals surface area contributed by atoms with E-state index in [2.05, 4.69) is 21.7 Å². The third-order valence-corrected chi connectivity index (χ3v) is 3.80. The lowest BCUT2D eigenvalue weighted by atomic mass is 10.1. The number of hydrogen-bond donors (Lipinski definition) is 2. The Morgan fingerprint density at radius 1 is 1.05 bits per heavy atom. The number of aromatic hydroxyl groups is 2. The van der Waals surface area contributed by atoms with E-state index in [1.807, 2.05) is 31.4 Å². The Bertz CT molecular complexity index is 886. The summed E-state index contributed by atoms with van der Waals surface area (Å²) in [6, 6.07) is 13.2. The van der Waals surface area contributed by atoms with Gasteiger partial charge in [-0.2, -0.15) is 0 Å². The molecule has 1 heterocycles. The number of pyridine rings is 1. The van der Waals surface area contributed by atoms with Crippen molar-refractivity contribution in [2.75, 3.05) is 0 Å². The molecular weight excluding hydrogens is 276 g/mol. The highest BCUT2D eigenvalue weighted by Gasteiger charge is 2.09. The van der Waals surface area contributed by atoms with Crippen LogP contribution < -0.4 is 4.57 Å². The van der Waals surface area contributed by atoms with E-state index < -0.39 is 0 Å². The highest BCUT2D eigenvalue weighted by atomic mass is 16.3. The van der Waals surface area contributed by atoms with Crippen molar-refractivity contribution in [1.82, 2.24) is 0 Å². The molecular formula is C18H17N2O2+. The van der Waals surface area contributed by atoms with Gasteiger partial charge < -0.3 is 10.2 Å². The Hall–Kier alpha value is -2.88. The highest BCUT2D eigenvalue weighted by Crippen LogP contribution is 2.34. The summed E-state index contributed by atoms with van der Waals surface area (Å²) in [5.41, 5.74) is 3.31. The number of phenols is 2. The topological polar surface area (TPSA) is 56.7 Å². The van der Waals surface area contributed by atoms with E-state index in [4.69, 9.17) is 0 Å². The van der Waals surface area contributed by atoms with Crippen molar-refractivity contribution in [1.29, 1.82) is 0 Å². The number of phenolic OH excluding ortho intramolecular Hbond substituents is 2. The van der Waals surface area contributed by atoms with Crippen LogP contribution in [0.4, 0.5) is 5.69 Å². The van der Waals surface area contributed by atoms with Crippen molar-refractivity contribution in [3.63, 3.8) is 0 Å². The lowest BCUT2D eigenvalue weighted by molar-refractivity contribution is -0.644. The molecule has 0 spiro atoms. The lowest BCUT2D eigenvalue weighted by Crippen LogP contribution is -2.28. The maximum Gasteiger partial charge on any atom is 0.212 e. The molecule has 0 aliphatic carbocycles. The zero-order valence-electron chi connectivity index (χ0n) is 12.5. The first-order chi connectivity index (χ1) is 10.6. The molecule has 4 heteroatoms. The van der Waals surface area contributed by atoms with Crippen molar-refractivity contribution in [3.8, 4) is 11.5 Å². The summed E-state index contributed by atoms with van der Waals surface area (Å²) in [5.74, 6) is -0.257. The molecule has 0 fully saturated rings. The normalized spacial score (nSPS) is 11.4. The van der Waals surface area contributed by atoms with Gasteiger partial charge in [0, 0.05) is 29.5 Å². The SMILES string of the molecule is Cc1c(N=Cc2cc[n+](C)c3ccccc23)ccc(O)c1O. The number of rotatable bonds is 2. The van der Waals surface area contributed by atoms with Gasteiger partial charge in [0.15, 0.2) is 17.7 Å². The van der Waals surface area contributed by atoms with Gasteiger partial charge in [-0.1, -0.05) is 12.1 Å². The van der Waals surface area contributed by atoms with Crippen molar-refractivity contribution < 1.29 is 14.8 Å². The maximum atomic E-state index is 9.77. The molecule has 0 radical (unpaired) electrons. The third kappa shape index (κ3) is 2.39. The van der Waals surface area contributed by atoms with Gasteiger partial charge in [0.1, 0.15) is 7.05 Å². The predicted molar refractivity (Wildman–Crippen MR) is 86.9 cm³/mol. The Morgan fingerprint density at radius 2 is 1.82 bits per heavy atom. The molecule has 2 aromatic carbocycles. The highest BCUT2D eigenvalue weighted by molar-refractivity contribution is 5.97. The Kier molecular flexibility index (Phi) is 3.51. The van der Waals surface area contributed by atoms with Crippen LogP contribution in [0.25, 0.3) is 10.9 Å². The first-order valence-corrected chi connectivity index (χ1v) is 7.01. The second-order valence-electron chi connectivity index (χ2n) is 5.23. The van der Waals surface area contributed by atoms with Gasteiger partial charge in [-0.25, -0.2) is 4.57 Å². The summed E-state index contributed by atoms with van der Waals surface area (Å²) >= 11 is 0. The average molecular weight is 293 g/mol. The molecule has 0 atom stereocenters. The zero-order chi connectivity index (χ0) is 15.7. The summed E-state index contributed by atoms with van der Waals surface area (Å²) < 4.78 is 2.06. The molecule has 0 aliphatic rings. The summed E-state index contributed by atoms with van der Waals surface area (Å²) in [6.07, 6.45) is 3.77. The number of fused-ring (bicyclic) bond motifs is 1. The van der Waals surface area contributed by atoms with Crippen molar-refractivity contribution in [3.05, 3.63) is 59.8 Å². The molecule has 0 unspecified atom stereocenters. The fourth-order valence-corrected chi connectivity index (χ4v) is 2.45. The van der Waals surface area contributed by atoms with Crippen molar-refractivity contribution in [2.45, 2.75) is 6.92 Å². The first-order valence-electron chi connectivity index (χ1n) is 7.01. The van der Waals surface area contributed by atoms with E-state index in [-0.39, 0.29) is 11.5 Å². The number of aromatic nitrogens is 1.